The molecular weight excluding hydrogens is 474 g/mol. The van der Waals surface area contributed by atoms with Crippen LogP contribution in [0.25, 0.3) is 0 Å². The van der Waals surface area contributed by atoms with Crippen molar-refractivity contribution >= 4 is 34.0 Å². The summed E-state index contributed by atoms with van der Waals surface area (Å²) in [5.41, 5.74) is -1.43. The van der Waals surface area contributed by atoms with E-state index in [1.165, 1.54) is 13.0 Å². The van der Waals surface area contributed by atoms with Gasteiger partial charge in [-0.1, -0.05) is 0 Å². The molecule has 8 nitrogen and oxygen atoms in total. The average molecular weight is 494 g/mol. The third-order valence-electron chi connectivity index (χ3n) is 2.79. The topological polar surface area (TPSA) is 115 Å². The highest BCUT2D eigenvalue weighted by molar-refractivity contribution is 9.10. The number of carboxylic acid groups (broad SMARTS) is 1. The van der Waals surface area contributed by atoms with E-state index < -0.39 is 46.2 Å². The molecule has 13 heteroatoms. The van der Waals surface area contributed by atoms with Crippen molar-refractivity contribution in [1.82, 2.24) is 4.57 Å². The van der Waals surface area contributed by atoms with Gasteiger partial charge in [-0.2, -0.15) is 17.6 Å². The Labute approximate surface area is 171 Å². The fourth-order valence-electron chi connectivity index (χ4n) is 1.61. The summed E-state index contributed by atoms with van der Waals surface area (Å²) >= 11 is 1.84. The van der Waals surface area contributed by atoms with Gasteiger partial charge in [-0.15, -0.1) is 0 Å². The Morgan fingerprint density at radius 2 is 1.72 bits per heavy atom. The smallest absolute Gasteiger partial charge is 0.418 e. The number of aromatic nitrogens is 1. The number of hydrogen-bond donors (Lipinski definition) is 2. The molecule has 0 saturated heterocycles. The first-order valence-corrected chi connectivity index (χ1v) is 8.68. The first-order chi connectivity index (χ1) is 12.9. The van der Waals surface area contributed by atoms with Crippen molar-refractivity contribution in [3.05, 3.63) is 24.0 Å². The van der Waals surface area contributed by atoms with Crippen LogP contribution in [0.15, 0.2) is 18.3 Å². The summed E-state index contributed by atoms with van der Waals surface area (Å²) in [5.74, 6) is -8.45. The first kappa shape index (κ1) is 26.9. The fraction of sp³-hybridized carbons (Fsp3) is 0.562. The molecule has 0 aliphatic rings. The van der Waals surface area contributed by atoms with E-state index in [1.54, 1.807) is 20.8 Å². The van der Waals surface area contributed by atoms with Crippen LogP contribution >= 0.6 is 15.9 Å². The molecule has 0 saturated carbocycles. The maximum atomic E-state index is 13.3. The second-order valence-electron chi connectivity index (χ2n) is 6.33. The number of aliphatic hydroxyl groups excluding tert-OH is 1. The molecule has 0 aliphatic carbocycles. The van der Waals surface area contributed by atoms with E-state index in [0.717, 1.165) is 12.3 Å². The van der Waals surface area contributed by atoms with Gasteiger partial charge in [0.1, 0.15) is 5.60 Å². The number of rotatable bonds is 5. The van der Waals surface area contributed by atoms with Crippen molar-refractivity contribution < 1.29 is 51.6 Å². The van der Waals surface area contributed by atoms with Gasteiger partial charge in [0.05, 0.1) is 12.3 Å². The summed E-state index contributed by atoms with van der Waals surface area (Å²) in [6.45, 7) is 6.15. The quantitative estimate of drug-likeness (QED) is 0.366. The van der Waals surface area contributed by atoms with E-state index in [2.05, 4.69) is 4.74 Å². The lowest BCUT2D eigenvalue weighted by molar-refractivity contribution is -0.183. The molecule has 1 aromatic rings. The molecule has 1 aromatic heterocycles. The Kier molecular flexibility index (Phi) is 9.31. The number of carbonyl (C=O) groups is 3. The Morgan fingerprint density at radius 1 is 1.21 bits per heavy atom. The number of aliphatic hydroxyl groups is 1. The van der Waals surface area contributed by atoms with E-state index in [1.807, 2.05) is 15.9 Å². The zero-order valence-corrected chi connectivity index (χ0v) is 17.4. The SMILES string of the molecule is CC(C)(C)OC(=O)n1cccc1C(O)C(F)(F)C(=O)O.CCOC(=O)C(F)(F)Br. The van der Waals surface area contributed by atoms with Crippen molar-refractivity contribution in [3.8, 4) is 0 Å². The van der Waals surface area contributed by atoms with Crippen molar-refractivity contribution in [3.63, 3.8) is 0 Å². The van der Waals surface area contributed by atoms with Gasteiger partial charge < -0.3 is 19.7 Å². The van der Waals surface area contributed by atoms with Gasteiger partial charge >= 0.3 is 28.8 Å². The van der Waals surface area contributed by atoms with Crippen LogP contribution in [0.4, 0.5) is 22.4 Å². The molecule has 0 amide bonds. The number of ether oxygens (including phenoxy) is 2. The number of carboxylic acids is 1. The molecule has 0 fully saturated rings. The van der Waals surface area contributed by atoms with Gasteiger partial charge in [0.25, 0.3) is 0 Å². The largest absolute Gasteiger partial charge is 0.477 e. The molecular formula is C16H20BrF4NO7. The molecule has 1 rings (SSSR count). The molecule has 0 aliphatic heterocycles. The van der Waals surface area contributed by atoms with Gasteiger partial charge in [0, 0.05) is 22.1 Å². The summed E-state index contributed by atoms with van der Waals surface area (Å²) in [5, 5.41) is 17.9. The van der Waals surface area contributed by atoms with E-state index in [4.69, 9.17) is 9.84 Å². The zero-order valence-electron chi connectivity index (χ0n) is 15.8. The maximum absolute atomic E-state index is 13.3. The second-order valence-corrected chi connectivity index (χ2v) is 7.33. The van der Waals surface area contributed by atoms with Crippen LogP contribution in [0.2, 0.25) is 0 Å². The van der Waals surface area contributed by atoms with Gasteiger partial charge in [0.15, 0.2) is 6.10 Å². The summed E-state index contributed by atoms with van der Waals surface area (Å²) in [6.07, 6.45) is -2.55. The van der Waals surface area contributed by atoms with Crippen LogP contribution in [0.1, 0.15) is 39.5 Å². The number of aliphatic carboxylic acids is 1. The van der Waals surface area contributed by atoms with E-state index in [9.17, 15) is 37.1 Å². The molecule has 1 heterocycles. The van der Waals surface area contributed by atoms with Crippen molar-refractivity contribution in [1.29, 1.82) is 0 Å². The van der Waals surface area contributed by atoms with Crippen molar-refractivity contribution in [2.24, 2.45) is 0 Å². The monoisotopic (exact) mass is 493 g/mol. The predicted octanol–water partition coefficient (Wildman–Crippen LogP) is 3.56. The summed E-state index contributed by atoms with van der Waals surface area (Å²) in [6, 6.07) is 2.24. The molecule has 0 radical (unpaired) electrons. The van der Waals surface area contributed by atoms with Crippen LogP contribution < -0.4 is 0 Å². The highest BCUT2D eigenvalue weighted by Crippen LogP contribution is 2.32. The minimum absolute atomic E-state index is 0.0416. The maximum Gasteiger partial charge on any atom is 0.418 e. The Morgan fingerprint density at radius 3 is 2.07 bits per heavy atom. The third-order valence-corrected chi connectivity index (χ3v) is 3.11. The molecule has 2 N–H and O–H groups in total. The Bertz CT molecular complexity index is 726. The number of halogens is 5. The zero-order chi connectivity index (χ0) is 23.2. The molecule has 0 spiro atoms. The van der Waals surface area contributed by atoms with E-state index in [-0.39, 0.29) is 6.61 Å². The van der Waals surface area contributed by atoms with Crippen LogP contribution in [0.3, 0.4) is 0 Å². The van der Waals surface area contributed by atoms with Crippen LogP contribution in [0.5, 0.6) is 0 Å². The normalized spacial score (nSPS) is 13.0. The average Bonchev–Trinajstić information content (AvgIpc) is 3.01. The standard InChI is InChI=1S/C12H15F2NO5.C4H5BrF2O2/c1-11(2,3)20-10(19)15-6-4-5-7(15)8(16)12(13,14)9(17)18;1-2-9-3(8)4(5,6)7/h4-6,8,16H,1-3H3,(H,17,18);2H2,1H3. The highest BCUT2D eigenvalue weighted by Gasteiger charge is 2.49. The van der Waals surface area contributed by atoms with Crippen molar-refractivity contribution in [2.45, 2.75) is 50.2 Å². The van der Waals surface area contributed by atoms with Crippen molar-refractivity contribution in [2.75, 3.05) is 6.61 Å². The number of alkyl halides is 5. The summed E-state index contributed by atoms with van der Waals surface area (Å²) in [7, 11) is 0. The van der Waals surface area contributed by atoms with Gasteiger partial charge in [-0.25, -0.2) is 14.4 Å². The lowest BCUT2D eigenvalue weighted by atomic mass is 10.1. The summed E-state index contributed by atoms with van der Waals surface area (Å²) < 4.78 is 59.6. The minimum Gasteiger partial charge on any atom is -0.477 e. The first-order valence-electron chi connectivity index (χ1n) is 7.89. The van der Waals surface area contributed by atoms with Gasteiger partial charge in [-0.05, 0) is 39.8 Å². The number of carbonyl (C=O) groups excluding carboxylic acids is 2. The lowest BCUT2D eigenvalue weighted by Crippen LogP contribution is -2.37. The Hall–Kier alpha value is -2.15. The predicted molar refractivity (Wildman–Crippen MR) is 94.1 cm³/mol. The van der Waals surface area contributed by atoms with Gasteiger partial charge in [-0.3, -0.25) is 4.57 Å². The minimum atomic E-state index is -4.42. The molecule has 29 heavy (non-hydrogen) atoms. The van der Waals surface area contributed by atoms with Gasteiger partial charge in [0.2, 0.25) is 0 Å². The van der Waals surface area contributed by atoms with E-state index >= 15 is 0 Å². The fourth-order valence-corrected chi connectivity index (χ4v) is 1.72. The number of esters is 1. The molecule has 0 aromatic carbocycles. The lowest BCUT2D eigenvalue weighted by Gasteiger charge is -2.23. The molecule has 1 unspecified atom stereocenters. The number of hydrogen-bond acceptors (Lipinski definition) is 6. The van der Waals surface area contributed by atoms with Crippen LogP contribution in [-0.4, -0.2) is 55.8 Å². The second kappa shape index (κ2) is 10.1. The van der Waals surface area contributed by atoms with Crippen LogP contribution in [-0.2, 0) is 19.1 Å². The van der Waals surface area contributed by atoms with Crippen LogP contribution in [0, 0.1) is 0 Å². The highest BCUT2D eigenvalue weighted by atomic mass is 79.9. The molecule has 1 atom stereocenters. The van der Waals surface area contributed by atoms with E-state index in [0.29, 0.717) is 4.57 Å². The Balaban J connectivity index is 0.000000734. The molecule has 166 valence electrons. The molecule has 0 bridgehead atoms. The number of nitrogens with zero attached hydrogens (tertiary/aromatic N) is 1. The summed E-state index contributed by atoms with van der Waals surface area (Å²) in [4.78, 5) is 28.7. The third kappa shape index (κ3) is 8.40.